The Morgan fingerprint density at radius 2 is 1.11 bits per heavy atom. The van der Waals surface area contributed by atoms with Gasteiger partial charge >= 0.3 is 0 Å². The zero-order chi connectivity index (χ0) is 19.1. The fraction of sp³-hybridized carbons (Fsp3) is 0.0769. The highest BCUT2D eigenvalue weighted by Gasteiger charge is 2.43. The molecule has 0 amide bonds. The van der Waals surface area contributed by atoms with Crippen LogP contribution in [-0.2, 0) is 11.8 Å². The van der Waals surface area contributed by atoms with Gasteiger partial charge in [0, 0.05) is 11.4 Å². The minimum Gasteiger partial charge on any atom is -0.399 e. The van der Waals surface area contributed by atoms with Crippen molar-refractivity contribution in [1.29, 1.82) is 0 Å². The Hall–Kier alpha value is -3.52. The standard InChI is InChI=1S/C26H22N2/c27-22-13-14-24-19(16-22)15-18-11-12-23(28)17-25(18)26(24,20-7-3-1-4-8-20)21-9-5-2-6-10-21/h1-14,16-17H,15,27-28H2. The van der Waals surface area contributed by atoms with E-state index < -0.39 is 5.41 Å². The number of anilines is 2. The molecule has 28 heavy (non-hydrogen) atoms. The topological polar surface area (TPSA) is 52.0 Å². The predicted octanol–water partition coefficient (Wildman–Crippen LogP) is 5.14. The van der Waals surface area contributed by atoms with E-state index in [1.807, 2.05) is 12.1 Å². The summed E-state index contributed by atoms with van der Waals surface area (Å²) in [5.41, 5.74) is 21.2. The van der Waals surface area contributed by atoms with Gasteiger partial charge in [-0.3, -0.25) is 0 Å². The molecule has 0 aromatic heterocycles. The molecule has 0 aliphatic heterocycles. The Morgan fingerprint density at radius 3 is 1.75 bits per heavy atom. The molecular weight excluding hydrogens is 340 g/mol. The molecule has 0 bridgehead atoms. The highest BCUT2D eigenvalue weighted by molar-refractivity contribution is 5.69. The first-order valence-electron chi connectivity index (χ1n) is 9.58. The maximum atomic E-state index is 6.28. The molecule has 0 saturated carbocycles. The van der Waals surface area contributed by atoms with Gasteiger partial charge in [0.05, 0.1) is 5.41 Å². The van der Waals surface area contributed by atoms with Crippen molar-refractivity contribution >= 4 is 11.4 Å². The van der Waals surface area contributed by atoms with Gasteiger partial charge in [-0.15, -0.1) is 0 Å². The molecule has 0 heterocycles. The molecule has 0 radical (unpaired) electrons. The van der Waals surface area contributed by atoms with Crippen molar-refractivity contribution in [3.8, 4) is 0 Å². The van der Waals surface area contributed by atoms with Crippen molar-refractivity contribution in [2.45, 2.75) is 11.8 Å². The Morgan fingerprint density at radius 1 is 0.536 bits per heavy atom. The molecule has 0 atom stereocenters. The Labute approximate surface area is 165 Å². The van der Waals surface area contributed by atoms with E-state index in [0.29, 0.717) is 0 Å². The van der Waals surface area contributed by atoms with Crippen LogP contribution in [0.4, 0.5) is 11.4 Å². The maximum absolute atomic E-state index is 6.28. The highest BCUT2D eigenvalue weighted by atomic mass is 14.6. The zero-order valence-corrected chi connectivity index (χ0v) is 15.6. The summed E-state index contributed by atoms with van der Waals surface area (Å²) in [5.74, 6) is 0. The van der Waals surface area contributed by atoms with Gasteiger partial charge in [-0.1, -0.05) is 72.8 Å². The molecular formula is C26H22N2. The van der Waals surface area contributed by atoms with Crippen LogP contribution in [0.3, 0.4) is 0 Å². The first-order valence-corrected chi connectivity index (χ1v) is 9.58. The van der Waals surface area contributed by atoms with E-state index in [0.717, 1.165) is 17.8 Å². The van der Waals surface area contributed by atoms with Gasteiger partial charge in [0.2, 0.25) is 0 Å². The van der Waals surface area contributed by atoms with E-state index in [-0.39, 0.29) is 0 Å². The molecule has 0 spiro atoms. The van der Waals surface area contributed by atoms with Crippen LogP contribution in [0.25, 0.3) is 0 Å². The summed E-state index contributed by atoms with van der Waals surface area (Å²) in [6, 6.07) is 34.0. The number of rotatable bonds is 2. The average molecular weight is 362 g/mol. The van der Waals surface area contributed by atoms with Crippen LogP contribution in [0.5, 0.6) is 0 Å². The van der Waals surface area contributed by atoms with Crippen LogP contribution in [0, 0.1) is 0 Å². The monoisotopic (exact) mass is 362 g/mol. The van der Waals surface area contributed by atoms with Gasteiger partial charge in [0.1, 0.15) is 0 Å². The second-order valence-electron chi connectivity index (χ2n) is 7.49. The second kappa shape index (κ2) is 6.28. The lowest BCUT2D eigenvalue weighted by atomic mass is 9.59. The summed E-state index contributed by atoms with van der Waals surface area (Å²) >= 11 is 0. The van der Waals surface area contributed by atoms with Crippen LogP contribution in [0.15, 0.2) is 97.1 Å². The number of hydrogen-bond acceptors (Lipinski definition) is 2. The fourth-order valence-electron chi connectivity index (χ4n) is 4.74. The summed E-state index contributed by atoms with van der Waals surface area (Å²) in [5, 5.41) is 0. The van der Waals surface area contributed by atoms with Gasteiger partial charge in [0.25, 0.3) is 0 Å². The van der Waals surface area contributed by atoms with E-state index in [1.165, 1.54) is 33.4 Å². The molecule has 0 unspecified atom stereocenters. The van der Waals surface area contributed by atoms with E-state index >= 15 is 0 Å². The largest absolute Gasteiger partial charge is 0.399 e. The third-order valence-corrected chi connectivity index (χ3v) is 5.87. The maximum Gasteiger partial charge on any atom is 0.0707 e. The van der Waals surface area contributed by atoms with E-state index in [1.54, 1.807) is 0 Å². The highest BCUT2D eigenvalue weighted by Crippen LogP contribution is 2.51. The van der Waals surface area contributed by atoms with Gasteiger partial charge in [-0.25, -0.2) is 0 Å². The lowest BCUT2D eigenvalue weighted by Gasteiger charge is -2.42. The van der Waals surface area contributed by atoms with Crippen molar-refractivity contribution in [3.63, 3.8) is 0 Å². The number of fused-ring (bicyclic) bond motifs is 2. The minimum absolute atomic E-state index is 0.422. The minimum atomic E-state index is -0.422. The van der Waals surface area contributed by atoms with Crippen molar-refractivity contribution < 1.29 is 0 Å². The first kappa shape index (κ1) is 16.6. The molecule has 136 valence electrons. The predicted molar refractivity (Wildman–Crippen MR) is 116 cm³/mol. The molecule has 4 N–H and O–H groups in total. The molecule has 0 saturated heterocycles. The number of nitrogens with two attached hydrogens (primary N) is 2. The van der Waals surface area contributed by atoms with E-state index in [2.05, 4.69) is 84.9 Å². The Bertz CT molecular complexity index is 1110. The molecule has 2 nitrogen and oxygen atoms in total. The van der Waals surface area contributed by atoms with Gasteiger partial charge < -0.3 is 11.5 Å². The molecule has 5 rings (SSSR count). The van der Waals surface area contributed by atoms with Crippen LogP contribution >= 0.6 is 0 Å². The van der Waals surface area contributed by atoms with Crippen LogP contribution in [-0.4, -0.2) is 0 Å². The summed E-state index contributed by atoms with van der Waals surface area (Å²) in [6.07, 6.45) is 0.859. The van der Waals surface area contributed by atoms with E-state index in [9.17, 15) is 0 Å². The Kier molecular flexibility index (Phi) is 3.73. The molecule has 2 heteroatoms. The average Bonchev–Trinajstić information content (AvgIpc) is 2.73. The van der Waals surface area contributed by atoms with Crippen molar-refractivity contribution in [2.75, 3.05) is 11.5 Å². The molecule has 1 aliphatic carbocycles. The third kappa shape index (κ3) is 2.35. The number of benzene rings is 4. The quantitative estimate of drug-likeness (QED) is 0.427. The molecule has 4 aromatic carbocycles. The zero-order valence-electron chi connectivity index (χ0n) is 15.6. The van der Waals surface area contributed by atoms with Crippen LogP contribution < -0.4 is 11.5 Å². The summed E-state index contributed by atoms with van der Waals surface area (Å²) in [7, 11) is 0. The summed E-state index contributed by atoms with van der Waals surface area (Å²) in [6.45, 7) is 0. The molecule has 4 aromatic rings. The Balaban J connectivity index is 1.98. The number of hydrogen-bond donors (Lipinski definition) is 2. The fourth-order valence-corrected chi connectivity index (χ4v) is 4.74. The first-order chi connectivity index (χ1) is 13.7. The van der Waals surface area contributed by atoms with Gasteiger partial charge in [-0.2, -0.15) is 0 Å². The van der Waals surface area contributed by atoms with Crippen LogP contribution in [0.1, 0.15) is 33.4 Å². The lowest BCUT2D eigenvalue weighted by molar-refractivity contribution is 0.704. The second-order valence-corrected chi connectivity index (χ2v) is 7.49. The van der Waals surface area contributed by atoms with Crippen molar-refractivity contribution in [1.82, 2.24) is 0 Å². The van der Waals surface area contributed by atoms with Gasteiger partial charge in [-0.05, 0) is 64.1 Å². The van der Waals surface area contributed by atoms with Crippen molar-refractivity contribution in [2.24, 2.45) is 0 Å². The summed E-state index contributed by atoms with van der Waals surface area (Å²) in [4.78, 5) is 0. The van der Waals surface area contributed by atoms with Crippen molar-refractivity contribution in [3.05, 3.63) is 130 Å². The van der Waals surface area contributed by atoms with Crippen LogP contribution in [0.2, 0.25) is 0 Å². The smallest absolute Gasteiger partial charge is 0.0707 e. The molecule has 1 aliphatic rings. The normalized spacial score (nSPS) is 14.1. The molecule has 0 fully saturated rings. The summed E-state index contributed by atoms with van der Waals surface area (Å²) < 4.78 is 0. The third-order valence-electron chi connectivity index (χ3n) is 5.87. The lowest BCUT2D eigenvalue weighted by Crippen LogP contribution is -2.36. The van der Waals surface area contributed by atoms with E-state index in [4.69, 9.17) is 11.5 Å². The van der Waals surface area contributed by atoms with Gasteiger partial charge in [0.15, 0.2) is 0 Å². The number of nitrogen functional groups attached to an aromatic ring is 2. The SMILES string of the molecule is Nc1ccc2c(c1)Cc1ccc(N)cc1C2(c1ccccc1)c1ccccc1.